The first-order valence-corrected chi connectivity index (χ1v) is 6.71. The molecule has 1 fully saturated rings. The summed E-state index contributed by atoms with van der Waals surface area (Å²) in [5.74, 6) is 0. The van der Waals surface area contributed by atoms with Crippen molar-refractivity contribution < 1.29 is 0 Å². The van der Waals surface area contributed by atoms with E-state index in [0.717, 1.165) is 34.2 Å². The number of nitrogens with two attached hydrogens (primary N) is 1. The van der Waals surface area contributed by atoms with E-state index in [1.54, 1.807) is 6.20 Å². The normalized spacial score (nSPS) is 15.0. The van der Waals surface area contributed by atoms with Gasteiger partial charge in [-0.05, 0) is 53.6 Å². The van der Waals surface area contributed by atoms with Crippen LogP contribution in [0.25, 0.3) is 0 Å². The van der Waals surface area contributed by atoms with Crippen LogP contribution in [0, 0.1) is 6.92 Å². The summed E-state index contributed by atoms with van der Waals surface area (Å²) in [5.41, 5.74) is 7.99. The Morgan fingerprint density at radius 2 is 2.33 bits per heavy atom. The minimum absolute atomic E-state index is 0.466. The van der Waals surface area contributed by atoms with Crippen molar-refractivity contribution in [1.29, 1.82) is 0 Å². The first kappa shape index (κ1) is 11.6. The van der Waals surface area contributed by atoms with Gasteiger partial charge >= 0.3 is 0 Å². The third-order valence-corrected chi connectivity index (χ3v) is 3.99. The molecule has 1 aliphatic rings. The second-order valence-electron chi connectivity index (χ2n) is 4.35. The van der Waals surface area contributed by atoms with Crippen LogP contribution in [0.1, 0.15) is 30.0 Å². The van der Waals surface area contributed by atoms with Crippen LogP contribution in [-0.4, -0.2) is 25.2 Å². The fraction of sp³-hybridized carbons (Fsp3) is 0.455. The van der Waals surface area contributed by atoms with E-state index < -0.39 is 0 Å². The summed E-state index contributed by atoms with van der Waals surface area (Å²) in [5, 5.41) is 13.5. The number of hydrogen-bond donors (Lipinski definition) is 1. The Balaban J connectivity index is 1.92. The molecule has 2 N–H and O–H groups in total. The molecule has 0 aromatic carbocycles. The van der Waals surface area contributed by atoms with Crippen molar-refractivity contribution in [3.8, 4) is 0 Å². The van der Waals surface area contributed by atoms with Crippen LogP contribution < -0.4 is 5.73 Å². The average Bonchev–Trinajstić information content (AvgIpc) is 3.11. The summed E-state index contributed by atoms with van der Waals surface area (Å²) < 4.78 is 1.88. The van der Waals surface area contributed by atoms with Crippen molar-refractivity contribution in [3.63, 3.8) is 0 Å². The molecule has 1 aliphatic carbocycles. The third kappa shape index (κ3) is 2.11. The van der Waals surface area contributed by atoms with Crippen LogP contribution in [0.15, 0.2) is 22.4 Å². The second-order valence-corrected chi connectivity index (χ2v) is 5.31. The molecule has 94 valence electrons. The Morgan fingerprint density at radius 1 is 1.50 bits per heavy atom. The number of nitrogens with zero attached hydrogens (tertiary/aromatic N) is 5. The van der Waals surface area contributed by atoms with Crippen molar-refractivity contribution in [1.82, 2.24) is 25.2 Å². The van der Waals surface area contributed by atoms with Crippen molar-refractivity contribution in [2.75, 3.05) is 0 Å². The summed E-state index contributed by atoms with van der Waals surface area (Å²) in [6, 6.07) is 2.43. The third-order valence-electron chi connectivity index (χ3n) is 3.00. The van der Waals surface area contributed by atoms with Crippen LogP contribution in [0.3, 0.4) is 0 Å². The summed E-state index contributed by atoms with van der Waals surface area (Å²) in [7, 11) is 0. The maximum atomic E-state index is 5.78. The van der Waals surface area contributed by atoms with Gasteiger partial charge in [0.1, 0.15) is 5.03 Å². The van der Waals surface area contributed by atoms with Gasteiger partial charge in [-0.15, -0.1) is 5.10 Å². The lowest BCUT2D eigenvalue weighted by molar-refractivity contribution is 0.565. The molecular formula is C11H14N6S. The van der Waals surface area contributed by atoms with Gasteiger partial charge < -0.3 is 5.73 Å². The van der Waals surface area contributed by atoms with E-state index in [1.807, 2.05) is 17.7 Å². The molecule has 1 saturated carbocycles. The molecule has 2 aromatic heterocycles. The summed E-state index contributed by atoms with van der Waals surface area (Å²) >= 11 is 1.49. The van der Waals surface area contributed by atoms with E-state index in [-0.39, 0.29) is 0 Å². The number of tetrazole rings is 1. The van der Waals surface area contributed by atoms with Crippen LogP contribution in [-0.2, 0) is 6.54 Å². The number of hydrogen-bond acceptors (Lipinski definition) is 6. The quantitative estimate of drug-likeness (QED) is 0.894. The second kappa shape index (κ2) is 4.66. The van der Waals surface area contributed by atoms with Gasteiger partial charge in [-0.2, -0.15) is 0 Å². The molecule has 3 rings (SSSR count). The number of aryl methyl sites for hydroxylation is 1. The molecular weight excluding hydrogens is 248 g/mol. The fourth-order valence-corrected chi connectivity index (χ4v) is 2.80. The minimum Gasteiger partial charge on any atom is -0.326 e. The van der Waals surface area contributed by atoms with Gasteiger partial charge in [0.05, 0.1) is 6.04 Å². The van der Waals surface area contributed by atoms with E-state index in [2.05, 4.69) is 20.5 Å². The zero-order valence-electron chi connectivity index (χ0n) is 10.1. The number of rotatable bonds is 4. The smallest absolute Gasteiger partial charge is 0.215 e. The lowest BCUT2D eigenvalue weighted by Gasteiger charge is -2.08. The molecule has 2 aromatic rings. The summed E-state index contributed by atoms with van der Waals surface area (Å²) in [6.07, 6.45) is 4.11. The molecule has 6 nitrogen and oxygen atoms in total. The summed E-state index contributed by atoms with van der Waals surface area (Å²) in [4.78, 5) is 4.38. The van der Waals surface area contributed by atoms with Crippen LogP contribution >= 0.6 is 11.8 Å². The zero-order chi connectivity index (χ0) is 12.5. The Morgan fingerprint density at radius 3 is 3.06 bits per heavy atom. The molecule has 0 amide bonds. The van der Waals surface area contributed by atoms with Gasteiger partial charge in [0.2, 0.25) is 5.16 Å². The Hall–Kier alpha value is -1.47. The first-order chi connectivity index (χ1) is 8.79. The predicted octanol–water partition coefficient (Wildman–Crippen LogP) is 1.32. The monoisotopic (exact) mass is 262 g/mol. The molecule has 0 atom stereocenters. The van der Waals surface area contributed by atoms with E-state index >= 15 is 0 Å². The molecule has 0 radical (unpaired) electrons. The van der Waals surface area contributed by atoms with Gasteiger partial charge in [-0.3, -0.25) is 0 Å². The molecule has 0 unspecified atom stereocenters. The Kier molecular flexibility index (Phi) is 3.00. The number of aromatic nitrogens is 5. The Bertz CT molecular complexity index is 562. The largest absolute Gasteiger partial charge is 0.326 e. The molecule has 7 heteroatoms. The van der Waals surface area contributed by atoms with Gasteiger partial charge in [0, 0.05) is 18.3 Å². The van der Waals surface area contributed by atoms with Crippen molar-refractivity contribution in [2.45, 2.75) is 42.5 Å². The highest BCUT2D eigenvalue weighted by Gasteiger charge is 2.28. The topological polar surface area (TPSA) is 82.5 Å². The highest BCUT2D eigenvalue weighted by molar-refractivity contribution is 7.99. The summed E-state index contributed by atoms with van der Waals surface area (Å²) in [6.45, 7) is 2.52. The highest BCUT2D eigenvalue weighted by Crippen LogP contribution is 2.38. The van der Waals surface area contributed by atoms with Gasteiger partial charge in [0.15, 0.2) is 0 Å². The van der Waals surface area contributed by atoms with Crippen molar-refractivity contribution in [3.05, 3.63) is 23.4 Å². The van der Waals surface area contributed by atoms with Crippen molar-refractivity contribution >= 4 is 11.8 Å². The molecule has 0 saturated heterocycles. The molecule has 2 heterocycles. The van der Waals surface area contributed by atoms with Crippen molar-refractivity contribution in [2.24, 2.45) is 5.73 Å². The molecule has 18 heavy (non-hydrogen) atoms. The van der Waals surface area contributed by atoms with Crippen LogP contribution in [0.5, 0.6) is 0 Å². The van der Waals surface area contributed by atoms with Crippen LogP contribution in [0.4, 0.5) is 0 Å². The fourth-order valence-electron chi connectivity index (χ4n) is 1.79. The highest BCUT2D eigenvalue weighted by atomic mass is 32.2. The maximum absolute atomic E-state index is 5.78. The SMILES string of the molecule is Cc1ccnc(Sc2nnnn2C2CC2)c1CN. The lowest BCUT2D eigenvalue weighted by Crippen LogP contribution is -2.04. The van der Waals surface area contributed by atoms with E-state index in [9.17, 15) is 0 Å². The standard InChI is InChI=1S/C11H14N6S/c1-7-4-5-13-10(9(7)6-12)18-11-14-15-16-17(11)8-2-3-8/h4-5,8H,2-3,6,12H2,1H3. The van der Waals surface area contributed by atoms with Gasteiger partial charge in [-0.25, -0.2) is 9.67 Å². The van der Waals surface area contributed by atoms with Gasteiger partial charge in [0.25, 0.3) is 0 Å². The molecule has 0 bridgehead atoms. The Labute approximate surface area is 109 Å². The average molecular weight is 262 g/mol. The lowest BCUT2D eigenvalue weighted by atomic mass is 10.2. The molecule has 0 spiro atoms. The van der Waals surface area contributed by atoms with Crippen LogP contribution in [0.2, 0.25) is 0 Å². The molecule has 0 aliphatic heterocycles. The first-order valence-electron chi connectivity index (χ1n) is 5.90. The van der Waals surface area contributed by atoms with E-state index in [4.69, 9.17) is 5.73 Å². The van der Waals surface area contributed by atoms with E-state index in [1.165, 1.54) is 11.8 Å². The van der Waals surface area contributed by atoms with E-state index in [0.29, 0.717) is 12.6 Å². The van der Waals surface area contributed by atoms with Gasteiger partial charge in [-0.1, -0.05) is 0 Å². The predicted molar refractivity (Wildman–Crippen MR) is 67.1 cm³/mol. The minimum atomic E-state index is 0.466. The maximum Gasteiger partial charge on any atom is 0.215 e. The zero-order valence-corrected chi connectivity index (χ0v) is 10.9. The number of pyridine rings is 1.